The summed E-state index contributed by atoms with van der Waals surface area (Å²) in [6.45, 7) is 4.23. The van der Waals surface area contributed by atoms with E-state index >= 15 is 0 Å². The van der Waals surface area contributed by atoms with Crippen LogP contribution in [0, 0.1) is 6.92 Å². The largest absolute Gasteiger partial charge is 0.488 e. The zero-order valence-corrected chi connectivity index (χ0v) is 13.2. The molecule has 0 radical (unpaired) electrons. The van der Waals surface area contributed by atoms with Gasteiger partial charge in [-0.3, -0.25) is 0 Å². The van der Waals surface area contributed by atoms with Gasteiger partial charge in [-0.2, -0.15) is 0 Å². The first-order chi connectivity index (χ1) is 8.79. The lowest BCUT2D eigenvalue weighted by atomic mass is 10.1. The van der Waals surface area contributed by atoms with E-state index in [4.69, 9.17) is 4.74 Å². The van der Waals surface area contributed by atoms with Gasteiger partial charge in [-0.05, 0) is 42.4 Å². The highest BCUT2D eigenvalue weighted by Crippen LogP contribution is 2.29. The fourth-order valence-corrected chi connectivity index (χ4v) is 2.89. The first-order valence-electron chi connectivity index (χ1n) is 6.82. The van der Waals surface area contributed by atoms with E-state index < -0.39 is 0 Å². The summed E-state index contributed by atoms with van der Waals surface area (Å²) >= 11 is 2.44. The fraction of sp³-hybridized carbons (Fsp3) is 0.600. The van der Waals surface area contributed by atoms with E-state index in [1.807, 2.05) is 0 Å². The summed E-state index contributed by atoms with van der Waals surface area (Å²) in [4.78, 5) is 0. The molecule has 0 spiro atoms. The van der Waals surface area contributed by atoms with E-state index in [0.717, 1.165) is 25.3 Å². The maximum atomic E-state index is 5.93. The second-order valence-electron chi connectivity index (χ2n) is 5.01. The number of alkyl halides is 1. The van der Waals surface area contributed by atoms with Gasteiger partial charge < -0.3 is 10.1 Å². The summed E-state index contributed by atoms with van der Waals surface area (Å²) in [5.41, 5.74) is 2.69. The molecule has 2 nitrogen and oxygen atoms in total. The minimum atomic E-state index is 0.325. The molecule has 0 saturated carbocycles. The smallest absolute Gasteiger partial charge is 0.123 e. The molecule has 0 saturated heterocycles. The maximum Gasteiger partial charge on any atom is 0.123 e. The van der Waals surface area contributed by atoms with Crippen molar-refractivity contribution < 1.29 is 4.74 Å². The molecule has 0 aliphatic carbocycles. The Morgan fingerprint density at radius 3 is 3.06 bits per heavy atom. The topological polar surface area (TPSA) is 21.3 Å². The van der Waals surface area contributed by atoms with Gasteiger partial charge in [0, 0.05) is 13.0 Å². The van der Waals surface area contributed by atoms with Gasteiger partial charge in [0.2, 0.25) is 0 Å². The minimum absolute atomic E-state index is 0.325. The Balaban J connectivity index is 1.65. The third-order valence-electron chi connectivity index (χ3n) is 3.32. The Morgan fingerprint density at radius 1 is 1.33 bits per heavy atom. The number of unbranched alkanes of at least 4 members (excludes halogenated alkanes) is 2. The third-order valence-corrected chi connectivity index (χ3v) is 4.08. The Kier molecular flexibility index (Phi) is 5.76. The number of benzene rings is 1. The van der Waals surface area contributed by atoms with Crippen molar-refractivity contribution in [3.05, 3.63) is 29.3 Å². The summed E-state index contributed by atoms with van der Waals surface area (Å²) in [6, 6.07) is 6.47. The van der Waals surface area contributed by atoms with Gasteiger partial charge in [0.05, 0.1) is 0 Å². The molecular weight excluding hydrogens is 337 g/mol. The number of hydrogen-bond donors (Lipinski definition) is 1. The van der Waals surface area contributed by atoms with Crippen LogP contribution >= 0.6 is 22.6 Å². The minimum Gasteiger partial charge on any atom is -0.488 e. The number of halogens is 1. The van der Waals surface area contributed by atoms with E-state index in [1.165, 1.54) is 34.8 Å². The molecule has 1 aromatic rings. The first-order valence-corrected chi connectivity index (χ1v) is 8.35. The van der Waals surface area contributed by atoms with Crippen molar-refractivity contribution in [2.75, 3.05) is 17.5 Å². The van der Waals surface area contributed by atoms with Crippen LogP contribution in [0.4, 0.5) is 0 Å². The van der Waals surface area contributed by atoms with Gasteiger partial charge in [-0.15, -0.1) is 0 Å². The highest BCUT2D eigenvalue weighted by molar-refractivity contribution is 14.1. The van der Waals surface area contributed by atoms with Crippen molar-refractivity contribution in [2.24, 2.45) is 0 Å². The molecule has 0 amide bonds. The van der Waals surface area contributed by atoms with Gasteiger partial charge in [-0.25, -0.2) is 0 Å². The van der Waals surface area contributed by atoms with Gasteiger partial charge in [0.25, 0.3) is 0 Å². The van der Waals surface area contributed by atoms with Crippen LogP contribution < -0.4 is 10.1 Å². The summed E-state index contributed by atoms with van der Waals surface area (Å²) in [6.07, 6.45) is 5.33. The lowest BCUT2D eigenvalue weighted by molar-refractivity contribution is 0.227. The summed E-state index contributed by atoms with van der Waals surface area (Å²) in [7, 11) is 0. The summed E-state index contributed by atoms with van der Waals surface area (Å²) in [5.74, 6) is 1.08. The van der Waals surface area contributed by atoms with E-state index in [2.05, 4.69) is 53.0 Å². The van der Waals surface area contributed by atoms with Crippen molar-refractivity contribution in [3.8, 4) is 5.75 Å². The summed E-state index contributed by atoms with van der Waals surface area (Å²) < 4.78 is 7.20. The SMILES string of the molecule is Cc1ccc2c(c1)CC(CNCCCCCI)O2. The van der Waals surface area contributed by atoms with Crippen LogP contribution in [-0.2, 0) is 6.42 Å². The third kappa shape index (κ3) is 4.12. The molecular formula is C15H22INO. The molecule has 3 heteroatoms. The van der Waals surface area contributed by atoms with Crippen LogP contribution in [0.3, 0.4) is 0 Å². The van der Waals surface area contributed by atoms with Crippen molar-refractivity contribution in [1.82, 2.24) is 5.32 Å². The molecule has 1 unspecified atom stereocenters. The standard InChI is InChI=1S/C15H22INO/c1-12-5-6-15-13(9-12)10-14(18-15)11-17-8-4-2-3-7-16/h5-6,9,14,17H,2-4,7-8,10-11H2,1H3. The number of fused-ring (bicyclic) bond motifs is 1. The second kappa shape index (κ2) is 7.34. The van der Waals surface area contributed by atoms with Crippen LogP contribution in [0.1, 0.15) is 30.4 Å². The van der Waals surface area contributed by atoms with Crippen LogP contribution in [0.15, 0.2) is 18.2 Å². The fourth-order valence-electron chi connectivity index (χ4n) is 2.35. The molecule has 100 valence electrons. The van der Waals surface area contributed by atoms with E-state index in [0.29, 0.717) is 6.10 Å². The average molecular weight is 359 g/mol. The van der Waals surface area contributed by atoms with Gasteiger partial charge in [-0.1, -0.05) is 46.7 Å². The Hall–Kier alpha value is -0.290. The normalized spacial score (nSPS) is 17.6. The number of aryl methyl sites for hydroxylation is 1. The van der Waals surface area contributed by atoms with E-state index in [-0.39, 0.29) is 0 Å². The molecule has 1 aromatic carbocycles. The van der Waals surface area contributed by atoms with Gasteiger partial charge in [0.15, 0.2) is 0 Å². The molecule has 18 heavy (non-hydrogen) atoms. The lowest BCUT2D eigenvalue weighted by Crippen LogP contribution is -2.30. The highest BCUT2D eigenvalue weighted by Gasteiger charge is 2.21. The predicted molar refractivity (Wildman–Crippen MR) is 84.9 cm³/mol. The molecule has 1 heterocycles. The van der Waals surface area contributed by atoms with Crippen molar-refractivity contribution in [3.63, 3.8) is 0 Å². The number of hydrogen-bond acceptors (Lipinski definition) is 2. The van der Waals surface area contributed by atoms with Crippen molar-refractivity contribution in [1.29, 1.82) is 0 Å². The van der Waals surface area contributed by atoms with Gasteiger partial charge >= 0.3 is 0 Å². The van der Waals surface area contributed by atoms with Crippen molar-refractivity contribution >= 4 is 22.6 Å². The quantitative estimate of drug-likeness (QED) is 0.457. The Morgan fingerprint density at radius 2 is 2.22 bits per heavy atom. The number of nitrogens with one attached hydrogen (secondary N) is 1. The van der Waals surface area contributed by atoms with Crippen LogP contribution in [0.25, 0.3) is 0 Å². The first kappa shape index (κ1) is 14.1. The molecule has 1 atom stereocenters. The Bertz CT molecular complexity index is 381. The summed E-state index contributed by atoms with van der Waals surface area (Å²) in [5, 5.41) is 3.51. The molecule has 1 aliphatic heterocycles. The molecule has 1 N–H and O–H groups in total. The van der Waals surface area contributed by atoms with Crippen molar-refractivity contribution in [2.45, 2.75) is 38.7 Å². The average Bonchev–Trinajstić information content (AvgIpc) is 2.75. The van der Waals surface area contributed by atoms with Gasteiger partial charge in [0.1, 0.15) is 11.9 Å². The molecule has 0 fully saturated rings. The van der Waals surface area contributed by atoms with E-state index in [9.17, 15) is 0 Å². The van der Waals surface area contributed by atoms with E-state index in [1.54, 1.807) is 0 Å². The monoisotopic (exact) mass is 359 g/mol. The number of rotatable bonds is 7. The lowest BCUT2D eigenvalue weighted by Gasteiger charge is -2.11. The molecule has 0 bridgehead atoms. The zero-order valence-electron chi connectivity index (χ0n) is 11.0. The van der Waals surface area contributed by atoms with Crippen LogP contribution in [0.2, 0.25) is 0 Å². The highest BCUT2D eigenvalue weighted by atomic mass is 127. The molecule has 2 rings (SSSR count). The molecule has 0 aromatic heterocycles. The second-order valence-corrected chi connectivity index (χ2v) is 6.09. The maximum absolute atomic E-state index is 5.93. The Labute approximate surface area is 124 Å². The van der Waals surface area contributed by atoms with Crippen LogP contribution in [-0.4, -0.2) is 23.6 Å². The predicted octanol–water partition coefficient (Wildman–Crippen LogP) is 3.49. The number of ether oxygens (including phenoxy) is 1. The molecule has 1 aliphatic rings. The zero-order chi connectivity index (χ0) is 12.8. The van der Waals surface area contributed by atoms with Crippen LogP contribution in [0.5, 0.6) is 5.75 Å².